The summed E-state index contributed by atoms with van der Waals surface area (Å²) in [6, 6.07) is 0. The molecule has 2 atom stereocenters. The van der Waals surface area contributed by atoms with Gasteiger partial charge < -0.3 is 0 Å². The quantitative estimate of drug-likeness (QED) is 0.616. The van der Waals surface area contributed by atoms with Crippen molar-refractivity contribution < 1.29 is 9.59 Å². The number of nitrogens with zero attached hydrogens (tertiary/aromatic N) is 1. The molecule has 2 heterocycles. The summed E-state index contributed by atoms with van der Waals surface area (Å²) in [7, 11) is 0. The highest BCUT2D eigenvalue weighted by atomic mass is 32.2. The van der Waals surface area contributed by atoms with Gasteiger partial charge in [-0.05, 0) is 6.42 Å². The molecular formula is C9H13NO2S. The summed E-state index contributed by atoms with van der Waals surface area (Å²) in [5.74, 6) is 1.84. The fraction of sp³-hybridized carbons (Fsp3) is 0.778. The highest BCUT2D eigenvalue weighted by Gasteiger charge is 2.49. The molecule has 3 nitrogen and oxygen atoms in total. The van der Waals surface area contributed by atoms with E-state index in [-0.39, 0.29) is 23.7 Å². The van der Waals surface area contributed by atoms with E-state index in [0.29, 0.717) is 6.54 Å². The van der Waals surface area contributed by atoms with Gasteiger partial charge in [-0.3, -0.25) is 14.5 Å². The summed E-state index contributed by atoms with van der Waals surface area (Å²) in [4.78, 5) is 24.8. The number of hydrogen-bond acceptors (Lipinski definition) is 3. The van der Waals surface area contributed by atoms with Crippen LogP contribution < -0.4 is 0 Å². The molecule has 2 aliphatic rings. The van der Waals surface area contributed by atoms with Crippen molar-refractivity contribution in [2.45, 2.75) is 13.3 Å². The first-order chi connectivity index (χ1) is 6.25. The lowest BCUT2D eigenvalue weighted by Crippen LogP contribution is -2.32. The summed E-state index contributed by atoms with van der Waals surface area (Å²) in [5, 5.41) is 0. The second-order valence-corrected chi connectivity index (χ2v) is 4.65. The van der Waals surface area contributed by atoms with Crippen LogP contribution in [0.3, 0.4) is 0 Å². The van der Waals surface area contributed by atoms with E-state index in [0.717, 1.165) is 17.9 Å². The van der Waals surface area contributed by atoms with E-state index >= 15 is 0 Å². The van der Waals surface area contributed by atoms with Crippen molar-refractivity contribution >= 4 is 23.6 Å². The number of likely N-dealkylation sites (tertiary alicyclic amines) is 1. The summed E-state index contributed by atoms with van der Waals surface area (Å²) in [6.45, 7) is 2.60. The first kappa shape index (κ1) is 9.06. The largest absolute Gasteiger partial charge is 0.282 e. The van der Waals surface area contributed by atoms with Crippen LogP contribution in [-0.2, 0) is 9.59 Å². The Morgan fingerprint density at radius 2 is 1.85 bits per heavy atom. The lowest BCUT2D eigenvalue weighted by Gasteiger charge is -2.13. The molecule has 0 unspecified atom stereocenters. The topological polar surface area (TPSA) is 37.4 Å². The molecule has 0 radical (unpaired) electrons. The highest BCUT2D eigenvalue weighted by molar-refractivity contribution is 7.99. The molecule has 2 saturated heterocycles. The Bertz CT molecular complexity index is 232. The van der Waals surface area contributed by atoms with Crippen LogP contribution in [0.2, 0.25) is 0 Å². The molecule has 0 aromatic rings. The van der Waals surface area contributed by atoms with Gasteiger partial charge in [0.25, 0.3) is 0 Å². The first-order valence-corrected chi connectivity index (χ1v) is 5.84. The number of fused-ring (bicyclic) bond motifs is 1. The second kappa shape index (κ2) is 3.33. The Kier molecular flexibility index (Phi) is 2.32. The molecule has 72 valence electrons. The van der Waals surface area contributed by atoms with Gasteiger partial charge >= 0.3 is 0 Å². The molecule has 2 aliphatic heterocycles. The van der Waals surface area contributed by atoms with Crippen molar-refractivity contribution in [1.29, 1.82) is 0 Å². The van der Waals surface area contributed by atoms with E-state index in [9.17, 15) is 9.59 Å². The average Bonchev–Trinajstić information content (AvgIpc) is 2.66. The lowest BCUT2D eigenvalue weighted by atomic mass is 10.00. The number of thioether (sulfide) groups is 1. The zero-order valence-electron chi connectivity index (χ0n) is 7.66. The van der Waals surface area contributed by atoms with Crippen molar-refractivity contribution in [3.8, 4) is 0 Å². The molecule has 2 amide bonds. The van der Waals surface area contributed by atoms with E-state index in [1.165, 1.54) is 4.90 Å². The fourth-order valence-corrected chi connectivity index (χ4v) is 3.39. The number of amides is 2. The van der Waals surface area contributed by atoms with Gasteiger partial charge in [-0.15, -0.1) is 0 Å². The van der Waals surface area contributed by atoms with Crippen molar-refractivity contribution in [2.24, 2.45) is 11.8 Å². The average molecular weight is 199 g/mol. The number of hydrogen-bond donors (Lipinski definition) is 0. The number of carbonyl (C=O) groups excluding carboxylic acids is 2. The van der Waals surface area contributed by atoms with Crippen LogP contribution in [0.4, 0.5) is 0 Å². The standard InChI is InChI=1S/C9H13NO2S/c1-2-3-10-8(11)6-4-13-5-7(6)9(10)12/h6-7H,2-5H2,1H3/t6-,7+. The number of imide groups is 1. The third-order valence-corrected chi connectivity index (χ3v) is 3.88. The summed E-state index contributed by atoms with van der Waals surface area (Å²) in [6.07, 6.45) is 0.865. The van der Waals surface area contributed by atoms with Crippen LogP contribution in [0.15, 0.2) is 0 Å². The summed E-state index contributed by atoms with van der Waals surface area (Å²) in [5.41, 5.74) is 0. The van der Waals surface area contributed by atoms with Crippen molar-refractivity contribution in [3.63, 3.8) is 0 Å². The molecule has 2 rings (SSSR count). The smallest absolute Gasteiger partial charge is 0.233 e. The molecule has 0 saturated carbocycles. The molecule has 0 spiro atoms. The van der Waals surface area contributed by atoms with Crippen LogP contribution >= 0.6 is 11.8 Å². The van der Waals surface area contributed by atoms with Crippen LogP contribution in [0.1, 0.15) is 13.3 Å². The second-order valence-electron chi connectivity index (χ2n) is 3.58. The lowest BCUT2D eigenvalue weighted by molar-refractivity contribution is -0.139. The molecule has 0 bridgehead atoms. The number of rotatable bonds is 2. The normalized spacial score (nSPS) is 32.8. The van der Waals surface area contributed by atoms with E-state index in [1.807, 2.05) is 6.92 Å². The van der Waals surface area contributed by atoms with Crippen LogP contribution in [0.25, 0.3) is 0 Å². The van der Waals surface area contributed by atoms with Crippen molar-refractivity contribution in [3.05, 3.63) is 0 Å². The van der Waals surface area contributed by atoms with Gasteiger partial charge in [-0.1, -0.05) is 6.92 Å². The predicted molar refractivity (Wildman–Crippen MR) is 51.3 cm³/mol. The fourth-order valence-electron chi connectivity index (χ4n) is 1.99. The molecule has 0 aromatic heterocycles. The highest BCUT2D eigenvalue weighted by Crippen LogP contribution is 2.37. The van der Waals surface area contributed by atoms with E-state index < -0.39 is 0 Å². The molecular weight excluding hydrogens is 186 g/mol. The first-order valence-electron chi connectivity index (χ1n) is 4.68. The maximum Gasteiger partial charge on any atom is 0.233 e. The van der Waals surface area contributed by atoms with E-state index in [1.54, 1.807) is 11.8 Å². The Labute approximate surface area is 81.9 Å². The third-order valence-electron chi connectivity index (χ3n) is 2.69. The molecule has 13 heavy (non-hydrogen) atoms. The minimum Gasteiger partial charge on any atom is -0.282 e. The zero-order chi connectivity index (χ0) is 9.42. The van der Waals surface area contributed by atoms with Crippen LogP contribution in [-0.4, -0.2) is 34.8 Å². The van der Waals surface area contributed by atoms with Crippen LogP contribution in [0, 0.1) is 11.8 Å². The maximum atomic E-state index is 11.7. The van der Waals surface area contributed by atoms with E-state index in [2.05, 4.69) is 0 Å². The van der Waals surface area contributed by atoms with Crippen molar-refractivity contribution in [1.82, 2.24) is 4.90 Å². The van der Waals surface area contributed by atoms with Crippen molar-refractivity contribution in [2.75, 3.05) is 18.1 Å². The Balaban J connectivity index is 2.16. The number of carbonyl (C=O) groups is 2. The summed E-state index contributed by atoms with van der Waals surface area (Å²) >= 11 is 1.73. The SMILES string of the molecule is CCCN1C(=O)[C@H]2CSC[C@H]2C1=O. The van der Waals surface area contributed by atoms with Gasteiger partial charge in [0, 0.05) is 18.1 Å². The Hall–Kier alpha value is -0.510. The maximum absolute atomic E-state index is 11.7. The molecule has 2 fully saturated rings. The van der Waals surface area contributed by atoms with Gasteiger partial charge in [-0.25, -0.2) is 0 Å². The molecule has 0 aliphatic carbocycles. The van der Waals surface area contributed by atoms with Gasteiger partial charge in [0.05, 0.1) is 11.8 Å². The van der Waals surface area contributed by atoms with Gasteiger partial charge in [0.1, 0.15) is 0 Å². The minimum absolute atomic E-state index is 0.00375. The van der Waals surface area contributed by atoms with Gasteiger partial charge in [0.15, 0.2) is 0 Å². The third kappa shape index (κ3) is 1.27. The molecule has 0 N–H and O–H groups in total. The Morgan fingerprint density at radius 1 is 1.31 bits per heavy atom. The summed E-state index contributed by atoms with van der Waals surface area (Å²) < 4.78 is 0. The predicted octanol–water partition coefficient (Wildman–Crippen LogP) is 0.744. The minimum atomic E-state index is 0.00375. The van der Waals surface area contributed by atoms with Gasteiger partial charge in [-0.2, -0.15) is 11.8 Å². The van der Waals surface area contributed by atoms with Gasteiger partial charge in [0.2, 0.25) is 11.8 Å². The molecule has 0 aromatic carbocycles. The Morgan fingerprint density at radius 3 is 2.31 bits per heavy atom. The zero-order valence-corrected chi connectivity index (χ0v) is 8.47. The monoisotopic (exact) mass is 199 g/mol. The molecule has 4 heteroatoms. The van der Waals surface area contributed by atoms with Crippen LogP contribution in [0.5, 0.6) is 0 Å². The van der Waals surface area contributed by atoms with E-state index in [4.69, 9.17) is 0 Å².